The minimum absolute atomic E-state index is 0.167. The highest BCUT2D eigenvalue weighted by Gasteiger charge is 1.97. The molecule has 1 aromatic rings. The second-order valence-electron chi connectivity index (χ2n) is 3.01. The van der Waals surface area contributed by atoms with E-state index in [0.29, 0.717) is 6.54 Å². The molecule has 2 N–H and O–H groups in total. The summed E-state index contributed by atoms with van der Waals surface area (Å²) in [5, 5.41) is 7.86. The van der Waals surface area contributed by atoms with Gasteiger partial charge in [-0.25, -0.2) is 0 Å². The quantitative estimate of drug-likeness (QED) is 0.474. The van der Waals surface area contributed by atoms with Gasteiger partial charge in [0.15, 0.2) is 0 Å². The van der Waals surface area contributed by atoms with Crippen LogP contribution in [0.15, 0.2) is 29.5 Å². The van der Waals surface area contributed by atoms with Crippen LogP contribution in [-0.2, 0) is 17.9 Å². The molecule has 0 spiro atoms. The monoisotopic (exact) mass is 242 g/mol. The van der Waals surface area contributed by atoms with Crippen molar-refractivity contribution in [2.45, 2.75) is 20.0 Å². The Hall–Kier alpha value is -1.17. The lowest BCUT2D eigenvalue weighted by Crippen LogP contribution is -2.09. The van der Waals surface area contributed by atoms with Crippen LogP contribution in [0.3, 0.4) is 0 Å². The lowest BCUT2D eigenvalue weighted by atomic mass is 10.4. The lowest BCUT2D eigenvalue weighted by molar-refractivity contribution is 0.0874. The third-order valence-electron chi connectivity index (χ3n) is 1.38. The van der Waals surface area contributed by atoms with Gasteiger partial charge in [-0.05, 0) is 25.8 Å². The van der Waals surface area contributed by atoms with Crippen molar-refractivity contribution in [2.75, 3.05) is 7.11 Å². The van der Waals surface area contributed by atoms with Crippen LogP contribution in [0.4, 0.5) is 0 Å². The van der Waals surface area contributed by atoms with Crippen molar-refractivity contribution in [3.05, 3.63) is 34.2 Å². The number of aliphatic hydroxyl groups is 1. The van der Waals surface area contributed by atoms with Crippen molar-refractivity contribution in [3.8, 4) is 0 Å². The summed E-state index contributed by atoms with van der Waals surface area (Å²) in [5.41, 5.74) is 2.78. The number of rotatable bonds is 5. The topological polar surface area (TPSA) is 53.9 Å². The van der Waals surface area contributed by atoms with Gasteiger partial charge in [-0.15, -0.1) is 11.3 Å². The summed E-state index contributed by atoms with van der Waals surface area (Å²) in [5.74, 6) is 0.167. The minimum Gasteiger partial charge on any atom is -0.513 e. The van der Waals surface area contributed by atoms with Gasteiger partial charge in [0.2, 0.25) is 0 Å². The first kappa shape index (κ1) is 14.8. The van der Waals surface area contributed by atoms with Crippen molar-refractivity contribution >= 4 is 18.1 Å². The summed E-state index contributed by atoms with van der Waals surface area (Å²) >= 11 is 1.72. The zero-order valence-corrected chi connectivity index (χ0v) is 10.5. The molecule has 5 heteroatoms. The molecule has 1 aromatic heterocycles. The molecule has 0 radical (unpaired) electrons. The number of thiophene rings is 1. The second-order valence-corrected chi connectivity index (χ2v) is 4.26. The van der Waals surface area contributed by atoms with Crippen LogP contribution in [0.25, 0.3) is 0 Å². The predicted molar refractivity (Wildman–Crippen MR) is 68.9 cm³/mol. The summed E-state index contributed by atoms with van der Waals surface area (Å²) in [6.45, 7) is 9.54. The van der Waals surface area contributed by atoms with Crippen molar-refractivity contribution in [3.63, 3.8) is 0 Å². The Morgan fingerprint density at radius 2 is 2.12 bits per heavy atom. The fraction of sp³-hybridized carbons (Fsp3) is 0.364. The van der Waals surface area contributed by atoms with Gasteiger partial charge in [-0.1, -0.05) is 6.58 Å². The molecule has 0 aliphatic heterocycles. The molecule has 0 aliphatic carbocycles. The number of allylic oxidation sites excluding steroid dienone is 1. The van der Waals surface area contributed by atoms with Crippen LogP contribution in [0.5, 0.6) is 0 Å². The highest BCUT2D eigenvalue weighted by molar-refractivity contribution is 7.11. The number of aliphatic imine (C=N–C) groups is 1. The van der Waals surface area contributed by atoms with E-state index in [4.69, 9.17) is 9.94 Å². The maximum Gasteiger partial charge on any atom is 0.0820 e. The third kappa shape index (κ3) is 8.16. The Balaban J connectivity index is 0.000000487. The van der Waals surface area contributed by atoms with Gasteiger partial charge in [0.05, 0.1) is 26.0 Å². The van der Waals surface area contributed by atoms with E-state index in [1.807, 2.05) is 0 Å². The molecule has 0 saturated carbocycles. The predicted octanol–water partition coefficient (Wildman–Crippen LogP) is 2.68. The van der Waals surface area contributed by atoms with Gasteiger partial charge < -0.3 is 9.94 Å². The molecular formula is C11H18N2O2S. The molecule has 0 bridgehead atoms. The Morgan fingerprint density at radius 3 is 2.62 bits per heavy atom. The summed E-state index contributed by atoms with van der Waals surface area (Å²) < 4.78 is 0. The molecule has 0 unspecified atom stereocenters. The highest BCUT2D eigenvalue weighted by Crippen LogP contribution is 2.16. The second kappa shape index (κ2) is 9.08. The van der Waals surface area contributed by atoms with Gasteiger partial charge in [0.1, 0.15) is 0 Å². The number of nitrogens with one attached hydrogen (secondary N) is 1. The molecule has 0 atom stereocenters. The first-order chi connectivity index (χ1) is 7.60. The van der Waals surface area contributed by atoms with E-state index in [9.17, 15) is 0 Å². The van der Waals surface area contributed by atoms with Crippen LogP contribution < -0.4 is 5.48 Å². The number of hydrogen-bond donors (Lipinski definition) is 2. The first-order valence-electron chi connectivity index (χ1n) is 4.70. The largest absolute Gasteiger partial charge is 0.513 e. The summed E-state index contributed by atoms with van der Waals surface area (Å²) in [6, 6.07) is 4.13. The van der Waals surface area contributed by atoms with Gasteiger partial charge in [0.25, 0.3) is 0 Å². The smallest absolute Gasteiger partial charge is 0.0820 e. The van der Waals surface area contributed by atoms with E-state index < -0.39 is 0 Å². The van der Waals surface area contributed by atoms with Crippen LogP contribution in [0.2, 0.25) is 0 Å². The van der Waals surface area contributed by atoms with Gasteiger partial charge in [-0.3, -0.25) is 4.99 Å². The van der Waals surface area contributed by atoms with E-state index in [-0.39, 0.29) is 5.76 Å². The van der Waals surface area contributed by atoms with Gasteiger partial charge >= 0.3 is 0 Å². The number of hydrogen-bond acceptors (Lipinski definition) is 5. The Kier molecular flexibility index (Phi) is 8.42. The van der Waals surface area contributed by atoms with Crippen LogP contribution in [0.1, 0.15) is 16.7 Å². The average Bonchev–Trinajstić information content (AvgIpc) is 2.62. The molecule has 0 aromatic carbocycles. The van der Waals surface area contributed by atoms with Crippen LogP contribution in [-0.4, -0.2) is 18.9 Å². The molecule has 4 nitrogen and oxygen atoms in total. The number of nitrogens with zero attached hydrogens (tertiary/aromatic N) is 1. The normalized spacial score (nSPS) is 9.12. The standard InChI is InChI=1S/C8H12N2OS.C3H6O/c1-9-5-7-3-4-8(12-7)6-10-11-2;1-3(2)4/h3-4,10H,1,5-6H2,2H3;4H,1H2,2H3. The Morgan fingerprint density at radius 1 is 1.56 bits per heavy atom. The van der Waals surface area contributed by atoms with Crippen LogP contribution >= 0.6 is 11.3 Å². The molecule has 0 fully saturated rings. The van der Waals surface area contributed by atoms with E-state index in [1.165, 1.54) is 16.7 Å². The van der Waals surface area contributed by atoms with Crippen molar-refractivity contribution < 1.29 is 9.94 Å². The van der Waals surface area contributed by atoms with Crippen molar-refractivity contribution in [1.29, 1.82) is 0 Å². The molecule has 1 heterocycles. The fourth-order valence-electron chi connectivity index (χ4n) is 0.856. The highest BCUT2D eigenvalue weighted by atomic mass is 32.1. The van der Waals surface area contributed by atoms with E-state index in [0.717, 1.165) is 6.54 Å². The number of aliphatic hydroxyl groups excluding tert-OH is 1. The Bertz CT molecular complexity index is 320. The zero-order valence-electron chi connectivity index (χ0n) is 9.69. The molecule has 0 amide bonds. The molecule has 1 rings (SSSR count). The van der Waals surface area contributed by atoms with E-state index in [2.05, 4.69) is 35.9 Å². The maximum absolute atomic E-state index is 7.86. The summed E-state index contributed by atoms with van der Waals surface area (Å²) in [4.78, 5) is 11.0. The molecule has 16 heavy (non-hydrogen) atoms. The van der Waals surface area contributed by atoms with Crippen molar-refractivity contribution in [2.24, 2.45) is 4.99 Å². The molecule has 0 aliphatic rings. The minimum atomic E-state index is 0.167. The lowest BCUT2D eigenvalue weighted by Gasteiger charge is -1.96. The molecule has 90 valence electrons. The summed E-state index contributed by atoms with van der Waals surface area (Å²) in [6.07, 6.45) is 0. The van der Waals surface area contributed by atoms with Crippen molar-refractivity contribution in [1.82, 2.24) is 5.48 Å². The SMILES string of the molecule is C=C(C)O.C=NCc1ccc(CNOC)s1. The molecule has 0 saturated heterocycles. The fourth-order valence-corrected chi connectivity index (χ4v) is 1.75. The Labute approximate surface area is 100 Å². The molecular weight excluding hydrogens is 224 g/mol. The van der Waals surface area contributed by atoms with Gasteiger partial charge in [-0.2, -0.15) is 5.48 Å². The average molecular weight is 242 g/mol. The first-order valence-corrected chi connectivity index (χ1v) is 5.52. The maximum atomic E-state index is 7.86. The van der Waals surface area contributed by atoms with Crippen LogP contribution in [0, 0.1) is 0 Å². The summed E-state index contributed by atoms with van der Waals surface area (Å²) in [7, 11) is 1.61. The van der Waals surface area contributed by atoms with Gasteiger partial charge in [0, 0.05) is 9.75 Å². The number of hydroxylamine groups is 1. The van der Waals surface area contributed by atoms with E-state index in [1.54, 1.807) is 18.4 Å². The zero-order chi connectivity index (χ0) is 12.4. The third-order valence-corrected chi connectivity index (χ3v) is 2.45. The van der Waals surface area contributed by atoms with E-state index >= 15 is 0 Å².